The first-order valence-electron chi connectivity index (χ1n) is 5.74. The van der Waals surface area contributed by atoms with Crippen LogP contribution in [0.25, 0.3) is 0 Å². The second-order valence-electron chi connectivity index (χ2n) is 4.11. The molecule has 0 rings (SSSR count). The quantitative estimate of drug-likeness (QED) is 0.522. The minimum atomic E-state index is -0.386. The van der Waals surface area contributed by atoms with Gasteiger partial charge in [0.1, 0.15) is 0 Å². The summed E-state index contributed by atoms with van der Waals surface area (Å²) in [5.41, 5.74) is 5.71. The fourth-order valence-corrected chi connectivity index (χ4v) is 1.75. The number of thioether (sulfide) groups is 1. The van der Waals surface area contributed by atoms with Crippen molar-refractivity contribution in [2.24, 2.45) is 11.7 Å². The molecule has 0 aliphatic carbocycles. The van der Waals surface area contributed by atoms with Crippen molar-refractivity contribution >= 4 is 17.7 Å². The summed E-state index contributed by atoms with van der Waals surface area (Å²) in [4.78, 5) is 11.5. The molecule has 16 heavy (non-hydrogen) atoms. The second kappa shape index (κ2) is 9.93. The lowest BCUT2D eigenvalue weighted by molar-refractivity contribution is -0.122. The molecule has 5 heteroatoms. The molecule has 0 spiro atoms. The molecule has 1 amide bonds. The van der Waals surface area contributed by atoms with Gasteiger partial charge < -0.3 is 16.2 Å². The lowest BCUT2D eigenvalue weighted by Crippen LogP contribution is -2.41. The Kier molecular flexibility index (Phi) is 9.77. The summed E-state index contributed by atoms with van der Waals surface area (Å²) >= 11 is 1.69. The van der Waals surface area contributed by atoms with Gasteiger partial charge in [-0.05, 0) is 37.2 Å². The molecule has 0 heterocycles. The van der Waals surface area contributed by atoms with Gasteiger partial charge in [0.15, 0.2) is 0 Å². The van der Waals surface area contributed by atoms with Crippen molar-refractivity contribution in [3.8, 4) is 0 Å². The number of nitrogens with two attached hydrogens (primary N) is 1. The van der Waals surface area contributed by atoms with Crippen LogP contribution in [0.4, 0.5) is 0 Å². The van der Waals surface area contributed by atoms with E-state index in [4.69, 9.17) is 10.8 Å². The second-order valence-corrected chi connectivity index (χ2v) is 5.09. The van der Waals surface area contributed by atoms with E-state index < -0.39 is 0 Å². The highest BCUT2D eigenvalue weighted by Gasteiger charge is 2.11. The van der Waals surface area contributed by atoms with Crippen molar-refractivity contribution in [3.05, 3.63) is 0 Å². The van der Waals surface area contributed by atoms with E-state index in [1.807, 2.05) is 13.2 Å². The van der Waals surface area contributed by atoms with Gasteiger partial charge in [-0.2, -0.15) is 11.8 Å². The molecule has 0 aliphatic rings. The number of carbonyl (C=O) groups excluding carboxylic acids is 1. The van der Waals surface area contributed by atoms with E-state index >= 15 is 0 Å². The van der Waals surface area contributed by atoms with Crippen molar-refractivity contribution < 1.29 is 9.90 Å². The average Bonchev–Trinajstić information content (AvgIpc) is 2.30. The summed E-state index contributed by atoms with van der Waals surface area (Å²) in [6.45, 7) is 2.85. The Morgan fingerprint density at radius 3 is 2.75 bits per heavy atom. The molecule has 4 N–H and O–H groups in total. The fourth-order valence-electron chi connectivity index (χ4n) is 1.26. The topological polar surface area (TPSA) is 75.4 Å². The lowest BCUT2D eigenvalue weighted by Gasteiger charge is -2.12. The summed E-state index contributed by atoms with van der Waals surface area (Å²) in [7, 11) is 0. The van der Waals surface area contributed by atoms with E-state index in [0.717, 1.165) is 25.0 Å². The van der Waals surface area contributed by atoms with Gasteiger partial charge >= 0.3 is 0 Å². The normalized spacial score (nSPS) is 14.5. The molecular formula is C11H24N2O2S. The molecule has 0 aromatic carbocycles. The molecule has 1 unspecified atom stereocenters. The van der Waals surface area contributed by atoms with Gasteiger partial charge in [-0.15, -0.1) is 0 Å². The van der Waals surface area contributed by atoms with Crippen LogP contribution < -0.4 is 11.1 Å². The summed E-state index contributed by atoms with van der Waals surface area (Å²) in [5.74, 6) is 1.16. The van der Waals surface area contributed by atoms with Crippen LogP contribution in [-0.4, -0.2) is 42.2 Å². The van der Waals surface area contributed by atoms with E-state index in [1.54, 1.807) is 11.8 Å². The monoisotopic (exact) mass is 248 g/mol. The Morgan fingerprint density at radius 1 is 1.50 bits per heavy atom. The standard InChI is InChI=1S/C11H24N2O2S/c1-9(8-14)4-3-6-13-11(15)10(12)5-7-16-2/h9-10,14H,3-8,12H2,1-2H3,(H,13,15)/t9?,10-/m0/s1. The highest BCUT2D eigenvalue weighted by atomic mass is 32.2. The zero-order chi connectivity index (χ0) is 12.4. The van der Waals surface area contributed by atoms with Crippen LogP contribution in [0.2, 0.25) is 0 Å². The van der Waals surface area contributed by atoms with Crippen molar-refractivity contribution in [1.82, 2.24) is 5.32 Å². The van der Waals surface area contributed by atoms with E-state index in [-0.39, 0.29) is 18.6 Å². The van der Waals surface area contributed by atoms with Crippen LogP contribution in [0.3, 0.4) is 0 Å². The van der Waals surface area contributed by atoms with Crippen molar-refractivity contribution in [2.45, 2.75) is 32.2 Å². The Bertz CT molecular complexity index is 191. The number of amides is 1. The van der Waals surface area contributed by atoms with Gasteiger partial charge in [0, 0.05) is 13.2 Å². The van der Waals surface area contributed by atoms with Crippen LogP contribution in [0, 0.1) is 5.92 Å². The zero-order valence-corrected chi connectivity index (χ0v) is 11.1. The molecule has 0 radical (unpaired) electrons. The van der Waals surface area contributed by atoms with Crippen LogP contribution in [0.5, 0.6) is 0 Å². The maximum atomic E-state index is 11.5. The van der Waals surface area contributed by atoms with E-state index in [0.29, 0.717) is 12.5 Å². The first-order chi connectivity index (χ1) is 7.61. The predicted octanol–water partition coefficient (Wildman–Crippen LogP) is 0.592. The Hall–Kier alpha value is -0.260. The minimum Gasteiger partial charge on any atom is -0.396 e. The first-order valence-corrected chi connectivity index (χ1v) is 7.14. The molecule has 0 aliphatic heterocycles. The number of hydrogen-bond acceptors (Lipinski definition) is 4. The van der Waals surface area contributed by atoms with Crippen LogP contribution in [0.1, 0.15) is 26.2 Å². The predicted molar refractivity (Wildman–Crippen MR) is 69.5 cm³/mol. The van der Waals surface area contributed by atoms with E-state index in [9.17, 15) is 4.79 Å². The molecule has 0 aromatic rings. The number of hydrogen-bond donors (Lipinski definition) is 3. The maximum Gasteiger partial charge on any atom is 0.236 e. The summed E-state index contributed by atoms with van der Waals surface area (Å²) in [6.07, 6.45) is 4.54. The summed E-state index contributed by atoms with van der Waals surface area (Å²) < 4.78 is 0. The van der Waals surface area contributed by atoms with Gasteiger partial charge in [-0.1, -0.05) is 6.92 Å². The lowest BCUT2D eigenvalue weighted by atomic mass is 10.1. The minimum absolute atomic E-state index is 0.0642. The third-order valence-corrected chi connectivity index (χ3v) is 3.10. The molecule has 2 atom stereocenters. The van der Waals surface area contributed by atoms with Gasteiger partial charge in [-0.25, -0.2) is 0 Å². The number of aliphatic hydroxyl groups excluding tert-OH is 1. The molecular weight excluding hydrogens is 224 g/mol. The average molecular weight is 248 g/mol. The van der Waals surface area contributed by atoms with Crippen molar-refractivity contribution in [3.63, 3.8) is 0 Å². The number of nitrogens with one attached hydrogen (secondary N) is 1. The number of aliphatic hydroxyl groups is 1. The Balaban J connectivity index is 3.49. The summed E-state index contributed by atoms with van der Waals surface area (Å²) in [5, 5.41) is 11.6. The fraction of sp³-hybridized carbons (Fsp3) is 0.909. The smallest absolute Gasteiger partial charge is 0.236 e. The maximum absolute atomic E-state index is 11.5. The number of rotatable bonds is 9. The Morgan fingerprint density at radius 2 is 2.19 bits per heavy atom. The van der Waals surface area contributed by atoms with Crippen LogP contribution in [0.15, 0.2) is 0 Å². The third-order valence-electron chi connectivity index (χ3n) is 2.45. The van der Waals surface area contributed by atoms with Crippen molar-refractivity contribution in [2.75, 3.05) is 25.2 Å². The first kappa shape index (κ1) is 15.7. The highest BCUT2D eigenvalue weighted by Crippen LogP contribution is 2.03. The molecule has 0 aromatic heterocycles. The van der Waals surface area contributed by atoms with Gasteiger partial charge in [0.25, 0.3) is 0 Å². The van der Waals surface area contributed by atoms with E-state index in [1.165, 1.54) is 0 Å². The van der Waals surface area contributed by atoms with Crippen LogP contribution >= 0.6 is 11.8 Å². The van der Waals surface area contributed by atoms with Gasteiger partial charge in [-0.3, -0.25) is 4.79 Å². The molecule has 0 bridgehead atoms. The third kappa shape index (κ3) is 7.96. The molecule has 4 nitrogen and oxygen atoms in total. The Labute approximate surface area is 102 Å². The SMILES string of the molecule is CSCC[C@H](N)C(=O)NCCCC(C)CO. The number of carbonyl (C=O) groups is 1. The summed E-state index contributed by atoms with van der Waals surface area (Å²) in [6, 6.07) is -0.386. The highest BCUT2D eigenvalue weighted by molar-refractivity contribution is 7.98. The molecule has 96 valence electrons. The zero-order valence-electron chi connectivity index (χ0n) is 10.2. The van der Waals surface area contributed by atoms with Gasteiger partial charge in [0.2, 0.25) is 5.91 Å². The largest absolute Gasteiger partial charge is 0.396 e. The van der Waals surface area contributed by atoms with Crippen molar-refractivity contribution in [1.29, 1.82) is 0 Å². The molecule has 0 saturated carbocycles. The molecule has 0 saturated heterocycles. The van der Waals surface area contributed by atoms with Crippen LogP contribution in [-0.2, 0) is 4.79 Å². The van der Waals surface area contributed by atoms with Gasteiger partial charge in [0.05, 0.1) is 6.04 Å². The molecule has 0 fully saturated rings. The van der Waals surface area contributed by atoms with E-state index in [2.05, 4.69) is 5.32 Å².